The Hall–Kier alpha value is -1.82. The first-order valence-electron chi connectivity index (χ1n) is 8.85. The summed E-state index contributed by atoms with van der Waals surface area (Å²) in [5, 5.41) is 0. The highest BCUT2D eigenvalue weighted by atomic mass is 16.5. The molecule has 132 valence electrons. The van der Waals surface area contributed by atoms with Gasteiger partial charge in [-0.25, -0.2) is 4.79 Å². The summed E-state index contributed by atoms with van der Waals surface area (Å²) >= 11 is 0. The van der Waals surface area contributed by atoms with Gasteiger partial charge in [-0.15, -0.1) is 0 Å². The van der Waals surface area contributed by atoms with Gasteiger partial charge in [0.15, 0.2) is 0 Å². The number of rotatable bonds is 4. The fourth-order valence-corrected chi connectivity index (χ4v) is 3.83. The molecule has 0 N–H and O–H groups in total. The molecule has 1 saturated carbocycles. The summed E-state index contributed by atoms with van der Waals surface area (Å²) in [6.45, 7) is 4.19. The maximum absolute atomic E-state index is 11.8. The summed E-state index contributed by atoms with van der Waals surface area (Å²) in [5.74, 6) is 0.776. The fourth-order valence-electron chi connectivity index (χ4n) is 3.83. The van der Waals surface area contributed by atoms with E-state index in [1.807, 2.05) is 6.07 Å². The number of esters is 1. The molecule has 24 heavy (non-hydrogen) atoms. The Balaban J connectivity index is 1.70. The minimum atomic E-state index is -0.422. The predicted octanol–water partition coefficient (Wildman–Crippen LogP) is 2.33. The summed E-state index contributed by atoms with van der Waals surface area (Å²) in [6, 6.07) is 4.40. The molecule has 1 saturated heterocycles. The van der Waals surface area contributed by atoms with E-state index >= 15 is 0 Å². The van der Waals surface area contributed by atoms with Crippen molar-refractivity contribution in [2.24, 2.45) is 0 Å². The van der Waals surface area contributed by atoms with Crippen LogP contribution in [-0.2, 0) is 4.74 Å². The lowest BCUT2D eigenvalue weighted by Crippen LogP contribution is -2.37. The van der Waals surface area contributed by atoms with Crippen molar-refractivity contribution in [2.45, 2.75) is 38.1 Å². The molecule has 0 amide bonds. The van der Waals surface area contributed by atoms with Gasteiger partial charge < -0.3 is 14.4 Å². The average molecular weight is 333 g/mol. The van der Waals surface area contributed by atoms with Crippen LogP contribution in [0.5, 0.6) is 5.88 Å². The Labute approximate surface area is 143 Å². The van der Waals surface area contributed by atoms with E-state index < -0.39 is 5.97 Å². The lowest BCUT2D eigenvalue weighted by Gasteiger charge is -2.27. The molecule has 2 aliphatic rings. The standard InChI is InChI=1S/C18H27N3O3/c1-23-17-15(18(22)24-2)8-9-16(19-17)21-11-5-10-20(12-13-21)14-6-3-4-7-14/h8-9,14H,3-7,10-13H2,1-2H3. The number of hydrogen-bond acceptors (Lipinski definition) is 6. The molecule has 6 nitrogen and oxygen atoms in total. The SMILES string of the molecule is COC(=O)c1ccc(N2CCCN(C3CCCC3)CC2)nc1OC. The molecule has 2 heterocycles. The van der Waals surface area contributed by atoms with Crippen LogP contribution in [0, 0.1) is 0 Å². The molecule has 6 heteroatoms. The molecule has 3 rings (SSSR count). The van der Waals surface area contributed by atoms with Crippen LogP contribution in [0.2, 0.25) is 0 Å². The van der Waals surface area contributed by atoms with Crippen LogP contribution < -0.4 is 9.64 Å². The van der Waals surface area contributed by atoms with Gasteiger partial charge in [0.1, 0.15) is 11.4 Å². The summed E-state index contributed by atoms with van der Waals surface area (Å²) < 4.78 is 10.1. The van der Waals surface area contributed by atoms with Crippen LogP contribution in [0.15, 0.2) is 12.1 Å². The van der Waals surface area contributed by atoms with E-state index in [9.17, 15) is 4.79 Å². The Morgan fingerprint density at radius 1 is 1.08 bits per heavy atom. The van der Waals surface area contributed by atoms with Crippen molar-refractivity contribution < 1.29 is 14.3 Å². The molecular weight excluding hydrogens is 306 g/mol. The molecule has 0 spiro atoms. The Bertz CT molecular complexity index is 573. The van der Waals surface area contributed by atoms with Gasteiger partial charge in [-0.05, 0) is 31.4 Å². The van der Waals surface area contributed by atoms with Crippen molar-refractivity contribution >= 4 is 11.8 Å². The number of carbonyl (C=O) groups excluding carboxylic acids is 1. The number of anilines is 1. The summed E-state index contributed by atoms with van der Waals surface area (Å²) in [4.78, 5) is 21.2. The first-order valence-corrected chi connectivity index (χ1v) is 8.85. The number of aromatic nitrogens is 1. The molecule has 0 atom stereocenters. The second kappa shape index (κ2) is 7.83. The Morgan fingerprint density at radius 3 is 2.58 bits per heavy atom. The Kier molecular flexibility index (Phi) is 5.56. The second-order valence-corrected chi connectivity index (χ2v) is 6.53. The van der Waals surface area contributed by atoms with Crippen molar-refractivity contribution in [3.05, 3.63) is 17.7 Å². The van der Waals surface area contributed by atoms with Crippen molar-refractivity contribution in [2.75, 3.05) is 45.3 Å². The van der Waals surface area contributed by atoms with E-state index in [1.54, 1.807) is 6.07 Å². The smallest absolute Gasteiger partial charge is 0.343 e. The van der Waals surface area contributed by atoms with Gasteiger partial charge in [-0.1, -0.05) is 12.8 Å². The lowest BCUT2D eigenvalue weighted by molar-refractivity contribution is 0.0596. The molecular formula is C18H27N3O3. The minimum absolute atomic E-state index is 0.330. The van der Waals surface area contributed by atoms with Gasteiger partial charge >= 0.3 is 5.97 Å². The first kappa shape index (κ1) is 17.0. The summed E-state index contributed by atoms with van der Waals surface area (Å²) in [6.07, 6.45) is 6.58. The third-order valence-electron chi connectivity index (χ3n) is 5.14. The van der Waals surface area contributed by atoms with E-state index in [0.29, 0.717) is 11.4 Å². The molecule has 1 aromatic rings. The molecule has 0 radical (unpaired) electrons. The van der Waals surface area contributed by atoms with Crippen molar-refractivity contribution in [1.82, 2.24) is 9.88 Å². The quantitative estimate of drug-likeness (QED) is 0.788. The van der Waals surface area contributed by atoms with Crippen molar-refractivity contribution in [3.8, 4) is 5.88 Å². The summed E-state index contributed by atoms with van der Waals surface area (Å²) in [5.41, 5.74) is 0.367. The molecule has 1 aromatic heterocycles. The van der Waals surface area contributed by atoms with E-state index in [0.717, 1.165) is 37.9 Å². The second-order valence-electron chi connectivity index (χ2n) is 6.53. The first-order chi connectivity index (χ1) is 11.7. The zero-order valence-corrected chi connectivity index (χ0v) is 14.7. The normalized spacial score (nSPS) is 20.0. The molecule has 1 aliphatic carbocycles. The molecule has 2 fully saturated rings. The highest BCUT2D eigenvalue weighted by molar-refractivity contribution is 5.92. The lowest BCUT2D eigenvalue weighted by atomic mass is 10.2. The predicted molar refractivity (Wildman–Crippen MR) is 92.8 cm³/mol. The maximum atomic E-state index is 11.8. The van der Waals surface area contributed by atoms with Crippen LogP contribution in [0.25, 0.3) is 0 Å². The highest BCUT2D eigenvalue weighted by Crippen LogP contribution is 2.26. The van der Waals surface area contributed by atoms with Crippen LogP contribution in [0.4, 0.5) is 5.82 Å². The molecule has 0 bridgehead atoms. The fraction of sp³-hybridized carbons (Fsp3) is 0.667. The maximum Gasteiger partial charge on any atom is 0.343 e. The van der Waals surface area contributed by atoms with Crippen LogP contribution in [0.3, 0.4) is 0 Å². The monoisotopic (exact) mass is 333 g/mol. The number of carbonyl (C=O) groups is 1. The van der Waals surface area contributed by atoms with Crippen molar-refractivity contribution in [3.63, 3.8) is 0 Å². The number of nitrogens with zero attached hydrogens (tertiary/aromatic N) is 3. The van der Waals surface area contributed by atoms with Gasteiger partial charge in [-0.2, -0.15) is 4.98 Å². The van der Waals surface area contributed by atoms with Gasteiger partial charge in [0.05, 0.1) is 14.2 Å². The van der Waals surface area contributed by atoms with Gasteiger partial charge in [0.25, 0.3) is 0 Å². The number of ether oxygens (including phenoxy) is 2. The van der Waals surface area contributed by atoms with Crippen LogP contribution in [0.1, 0.15) is 42.5 Å². The topological polar surface area (TPSA) is 54.9 Å². The number of hydrogen-bond donors (Lipinski definition) is 0. The molecule has 0 aromatic carbocycles. The molecule has 0 unspecified atom stereocenters. The van der Waals surface area contributed by atoms with E-state index in [4.69, 9.17) is 9.47 Å². The van der Waals surface area contributed by atoms with E-state index in [-0.39, 0.29) is 0 Å². The Morgan fingerprint density at radius 2 is 1.88 bits per heavy atom. The number of methoxy groups -OCH3 is 2. The van der Waals surface area contributed by atoms with Gasteiger partial charge in [0.2, 0.25) is 5.88 Å². The third-order valence-corrected chi connectivity index (χ3v) is 5.14. The third kappa shape index (κ3) is 3.64. The van der Waals surface area contributed by atoms with Crippen molar-refractivity contribution in [1.29, 1.82) is 0 Å². The van der Waals surface area contributed by atoms with E-state index in [2.05, 4.69) is 14.8 Å². The van der Waals surface area contributed by atoms with Crippen LogP contribution in [-0.4, -0.2) is 62.3 Å². The number of pyridine rings is 1. The largest absolute Gasteiger partial charge is 0.480 e. The minimum Gasteiger partial charge on any atom is -0.480 e. The van der Waals surface area contributed by atoms with E-state index in [1.165, 1.54) is 46.4 Å². The highest BCUT2D eigenvalue weighted by Gasteiger charge is 2.25. The zero-order valence-electron chi connectivity index (χ0n) is 14.7. The zero-order chi connectivity index (χ0) is 16.9. The summed E-state index contributed by atoms with van der Waals surface area (Å²) in [7, 11) is 2.89. The van der Waals surface area contributed by atoms with Gasteiger partial charge in [0, 0.05) is 32.2 Å². The average Bonchev–Trinajstić information content (AvgIpc) is 3.05. The van der Waals surface area contributed by atoms with Gasteiger partial charge in [-0.3, -0.25) is 4.90 Å². The van der Waals surface area contributed by atoms with Crippen LogP contribution >= 0.6 is 0 Å². The molecule has 1 aliphatic heterocycles.